The lowest BCUT2D eigenvalue weighted by atomic mass is 9.89. The molecule has 0 aliphatic carbocycles. The van der Waals surface area contributed by atoms with E-state index in [0.29, 0.717) is 19.7 Å². The molecule has 92 valence electrons. The predicted octanol–water partition coefficient (Wildman–Crippen LogP) is 0.724. The summed E-state index contributed by atoms with van der Waals surface area (Å²) >= 11 is 0. The van der Waals surface area contributed by atoms with Gasteiger partial charge >= 0.3 is 6.09 Å². The SMILES string of the molecule is CC(C)(C)OC(=O)N1CCC2(C1)OCC2N. The standard InChI is InChI=1S/C11H20N2O3/c1-10(2,3)16-9(14)13-5-4-11(7-13)8(12)6-15-11/h8H,4-7,12H2,1-3H3. The monoisotopic (exact) mass is 228 g/mol. The number of likely N-dealkylation sites (tertiary alicyclic amines) is 1. The number of ether oxygens (including phenoxy) is 2. The van der Waals surface area contributed by atoms with Crippen LogP contribution in [-0.2, 0) is 9.47 Å². The van der Waals surface area contributed by atoms with Crippen LogP contribution >= 0.6 is 0 Å². The lowest BCUT2D eigenvalue weighted by Crippen LogP contribution is -2.64. The van der Waals surface area contributed by atoms with Gasteiger partial charge in [-0.05, 0) is 27.2 Å². The highest BCUT2D eigenvalue weighted by Crippen LogP contribution is 2.35. The first-order valence-electron chi connectivity index (χ1n) is 5.70. The van der Waals surface area contributed by atoms with Crippen molar-refractivity contribution >= 4 is 6.09 Å². The first-order valence-corrected chi connectivity index (χ1v) is 5.70. The van der Waals surface area contributed by atoms with Gasteiger partial charge in [0.2, 0.25) is 0 Å². The zero-order valence-electron chi connectivity index (χ0n) is 10.2. The second kappa shape index (κ2) is 3.60. The van der Waals surface area contributed by atoms with E-state index in [2.05, 4.69) is 0 Å². The third-order valence-electron chi connectivity index (χ3n) is 3.14. The van der Waals surface area contributed by atoms with Gasteiger partial charge in [-0.25, -0.2) is 4.79 Å². The summed E-state index contributed by atoms with van der Waals surface area (Å²) in [6.45, 7) is 7.42. The molecule has 1 amide bonds. The molecule has 5 heteroatoms. The van der Waals surface area contributed by atoms with Crippen LogP contribution in [0.3, 0.4) is 0 Å². The quantitative estimate of drug-likeness (QED) is 0.663. The number of carbonyl (C=O) groups excluding carboxylic acids is 1. The molecule has 2 atom stereocenters. The summed E-state index contributed by atoms with van der Waals surface area (Å²) in [5.41, 5.74) is 5.16. The molecular formula is C11H20N2O3. The Hall–Kier alpha value is -0.810. The number of hydrogen-bond donors (Lipinski definition) is 1. The van der Waals surface area contributed by atoms with Gasteiger partial charge in [0.25, 0.3) is 0 Å². The summed E-state index contributed by atoms with van der Waals surface area (Å²) in [5.74, 6) is 0. The first kappa shape index (κ1) is 11.7. The lowest BCUT2D eigenvalue weighted by molar-refractivity contribution is -0.156. The molecular weight excluding hydrogens is 208 g/mol. The molecule has 2 aliphatic heterocycles. The smallest absolute Gasteiger partial charge is 0.410 e. The molecule has 1 spiro atoms. The van der Waals surface area contributed by atoms with Crippen LogP contribution in [0.25, 0.3) is 0 Å². The van der Waals surface area contributed by atoms with Crippen molar-refractivity contribution in [3.8, 4) is 0 Å². The van der Waals surface area contributed by atoms with E-state index in [1.54, 1.807) is 4.90 Å². The highest BCUT2D eigenvalue weighted by molar-refractivity contribution is 5.68. The number of rotatable bonds is 0. The van der Waals surface area contributed by atoms with Crippen molar-refractivity contribution in [2.24, 2.45) is 5.73 Å². The van der Waals surface area contributed by atoms with E-state index in [-0.39, 0.29) is 17.7 Å². The van der Waals surface area contributed by atoms with Gasteiger partial charge in [-0.2, -0.15) is 0 Å². The van der Waals surface area contributed by atoms with Crippen molar-refractivity contribution in [1.29, 1.82) is 0 Å². The minimum absolute atomic E-state index is 0.0555. The Morgan fingerprint density at radius 3 is 2.62 bits per heavy atom. The molecule has 0 aromatic carbocycles. The second-order valence-electron chi connectivity index (χ2n) is 5.63. The summed E-state index contributed by atoms with van der Waals surface area (Å²) < 4.78 is 10.8. The zero-order valence-corrected chi connectivity index (χ0v) is 10.2. The highest BCUT2D eigenvalue weighted by atomic mass is 16.6. The van der Waals surface area contributed by atoms with Crippen molar-refractivity contribution < 1.29 is 14.3 Å². The molecule has 16 heavy (non-hydrogen) atoms. The molecule has 2 saturated heterocycles. The Morgan fingerprint density at radius 1 is 1.56 bits per heavy atom. The van der Waals surface area contributed by atoms with Crippen LogP contribution in [0.2, 0.25) is 0 Å². The molecule has 0 saturated carbocycles. The van der Waals surface area contributed by atoms with Gasteiger partial charge in [0.15, 0.2) is 0 Å². The fourth-order valence-electron chi connectivity index (χ4n) is 2.12. The first-order chi connectivity index (χ1) is 7.32. The molecule has 0 aromatic rings. The van der Waals surface area contributed by atoms with Crippen molar-refractivity contribution in [3.63, 3.8) is 0 Å². The summed E-state index contributed by atoms with van der Waals surface area (Å²) in [6.07, 6.45) is 0.542. The number of nitrogens with two attached hydrogens (primary N) is 1. The van der Waals surface area contributed by atoms with E-state index in [1.807, 2.05) is 20.8 Å². The van der Waals surface area contributed by atoms with Crippen LogP contribution < -0.4 is 5.73 Å². The van der Waals surface area contributed by atoms with Gasteiger partial charge in [-0.3, -0.25) is 0 Å². The highest BCUT2D eigenvalue weighted by Gasteiger charge is 2.52. The molecule has 2 unspecified atom stereocenters. The minimum Gasteiger partial charge on any atom is -0.444 e. The van der Waals surface area contributed by atoms with Crippen LogP contribution in [0.4, 0.5) is 4.79 Å². The maximum absolute atomic E-state index is 11.8. The molecule has 0 bridgehead atoms. The van der Waals surface area contributed by atoms with Crippen molar-refractivity contribution in [3.05, 3.63) is 0 Å². The van der Waals surface area contributed by atoms with E-state index in [4.69, 9.17) is 15.2 Å². The fourth-order valence-corrected chi connectivity index (χ4v) is 2.12. The molecule has 2 rings (SSSR count). The zero-order chi connectivity index (χ0) is 12.0. The van der Waals surface area contributed by atoms with E-state index in [0.717, 1.165) is 6.42 Å². The lowest BCUT2D eigenvalue weighted by Gasteiger charge is -2.44. The Bertz CT molecular complexity index is 300. The maximum Gasteiger partial charge on any atom is 0.410 e. The van der Waals surface area contributed by atoms with Crippen LogP contribution in [-0.4, -0.2) is 47.9 Å². The van der Waals surface area contributed by atoms with Crippen molar-refractivity contribution in [2.45, 2.75) is 44.4 Å². The molecule has 0 radical (unpaired) electrons. The molecule has 2 aliphatic rings. The second-order valence-corrected chi connectivity index (χ2v) is 5.63. The van der Waals surface area contributed by atoms with E-state index in [9.17, 15) is 4.79 Å². The van der Waals surface area contributed by atoms with Crippen LogP contribution in [0, 0.1) is 0 Å². The summed E-state index contributed by atoms with van der Waals surface area (Å²) in [7, 11) is 0. The number of carbonyl (C=O) groups is 1. The van der Waals surface area contributed by atoms with Crippen LogP contribution in [0.5, 0.6) is 0 Å². The molecule has 5 nitrogen and oxygen atoms in total. The minimum atomic E-state index is -0.449. The van der Waals surface area contributed by atoms with Gasteiger partial charge in [0, 0.05) is 6.54 Å². The summed E-state index contributed by atoms with van der Waals surface area (Å²) in [4.78, 5) is 13.5. The van der Waals surface area contributed by atoms with Gasteiger partial charge in [0.1, 0.15) is 11.2 Å². The average Bonchev–Trinajstić information content (AvgIpc) is 2.59. The Kier molecular flexibility index (Phi) is 2.62. The third kappa shape index (κ3) is 2.01. The number of nitrogens with zero attached hydrogens (tertiary/aromatic N) is 1. The number of amides is 1. The van der Waals surface area contributed by atoms with Gasteiger partial charge in [0.05, 0.1) is 19.2 Å². The Balaban J connectivity index is 1.91. The van der Waals surface area contributed by atoms with E-state index >= 15 is 0 Å². The normalized spacial score (nSPS) is 34.0. The van der Waals surface area contributed by atoms with Gasteiger partial charge < -0.3 is 20.1 Å². The Labute approximate surface area is 95.9 Å². The molecule has 2 heterocycles. The maximum atomic E-state index is 11.8. The van der Waals surface area contributed by atoms with Crippen molar-refractivity contribution in [2.75, 3.05) is 19.7 Å². The third-order valence-corrected chi connectivity index (χ3v) is 3.14. The largest absolute Gasteiger partial charge is 0.444 e. The number of hydrogen-bond acceptors (Lipinski definition) is 4. The summed E-state index contributed by atoms with van der Waals surface area (Å²) in [5, 5.41) is 0. The van der Waals surface area contributed by atoms with Crippen LogP contribution in [0.15, 0.2) is 0 Å². The average molecular weight is 228 g/mol. The molecule has 2 fully saturated rings. The fraction of sp³-hybridized carbons (Fsp3) is 0.909. The topological polar surface area (TPSA) is 64.8 Å². The van der Waals surface area contributed by atoms with E-state index < -0.39 is 5.60 Å². The molecule has 2 N–H and O–H groups in total. The molecule has 0 aromatic heterocycles. The van der Waals surface area contributed by atoms with E-state index in [1.165, 1.54) is 0 Å². The predicted molar refractivity (Wildman–Crippen MR) is 59.1 cm³/mol. The van der Waals surface area contributed by atoms with Crippen LogP contribution in [0.1, 0.15) is 27.2 Å². The van der Waals surface area contributed by atoms with Crippen molar-refractivity contribution in [1.82, 2.24) is 4.90 Å². The summed E-state index contributed by atoms with van der Waals surface area (Å²) in [6, 6.07) is 0.0555. The Morgan fingerprint density at radius 2 is 2.25 bits per heavy atom. The van der Waals surface area contributed by atoms with Gasteiger partial charge in [-0.1, -0.05) is 0 Å². The van der Waals surface area contributed by atoms with Gasteiger partial charge in [-0.15, -0.1) is 0 Å².